The molecule has 2 amide bonds. The third kappa shape index (κ3) is 4.78. The van der Waals surface area contributed by atoms with Gasteiger partial charge in [-0.1, -0.05) is 18.2 Å². The fourth-order valence-electron chi connectivity index (χ4n) is 3.31. The van der Waals surface area contributed by atoms with Crippen molar-refractivity contribution in [3.05, 3.63) is 48.0 Å². The summed E-state index contributed by atoms with van der Waals surface area (Å²) in [6.45, 7) is 3.37. The van der Waals surface area contributed by atoms with E-state index < -0.39 is 0 Å². The van der Waals surface area contributed by atoms with E-state index in [1.165, 1.54) is 0 Å². The van der Waals surface area contributed by atoms with Crippen LogP contribution >= 0.6 is 0 Å². The van der Waals surface area contributed by atoms with E-state index in [1.807, 2.05) is 36.4 Å². The summed E-state index contributed by atoms with van der Waals surface area (Å²) in [7, 11) is 0. The molecule has 0 radical (unpaired) electrons. The number of nitrogens with zero attached hydrogens (tertiary/aromatic N) is 1. The van der Waals surface area contributed by atoms with Crippen LogP contribution in [0.1, 0.15) is 12.0 Å². The number of carbonyl (C=O) groups excluding carboxylic acids is 2. The molecule has 0 atom stereocenters. The number of benzene rings is 2. The third-order valence-corrected chi connectivity index (χ3v) is 4.78. The average Bonchev–Trinajstić information content (AvgIpc) is 3.21. The third-order valence-electron chi connectivity index (χ3n) is 4.78. The summed E-state index contributed by atoms with van der Waals surface area (Å²) in [6.07, 6.45) is -0.248. The maximum absolute atomic E-state index is 12.4. The highest BCUT2D eigenvalue weighted by Gasteiger charge is 2.17. The molecule has 152 valence electrons. The number of amides is 2. The van der Waals surface area contributed by atoms with Crippen molar-refractivity contribution in [1.29, 1.82) is 0 Å². The monoisotopic (exact) mass is 397 g/mol. The molecule has 1 saturated heterocycles. The molecule has 0 aliphatic carbocycles. The summed E-state index contributed by atoms with van der Waals surface area (Å²) >= 11 is 0. The van der Waals surface area contributed by atoms with E-state index in [2.05, 4.69) is 15.5 Å². The predicted molar refractivity (Wildman–Crippen MR) is 107 cm³/mol. The zero-order chi connectivity index (χ0) is 20.1. The number of morpholine rings is 1. The van der Waals surface area contributed by atoms with Crippen molar-refractivity contribution in [1.82, 2.24) is 5.32 Å². The highest BCUT2D eigenvalue weighted by atomic mass is 16.7. The summed E-state index contributed by atoms with van der Waals surface area (Å²) in [4.78, 5) is 26.7. The van der Waals surface area contributed by atoms with Gasteiger partial charge in [0.05, 0.1) is 24.6 Å². The Hall–Kier alpha value is -3.26. The van der Waals surface area contributed by atoms with Crippen LogP contribution in [0.25, 0.3) is 0 Å². The second kappa shape index (κ2) is 8.83. The molecule has 0 unspecified atom stereocenters. The Balaban J connectivity index is 1.30. The predicted octanol–water partition coefficient (Wildman–Crippen LogP) is 1.90. The van der Waals surface area contributed by atoms with Crippen molar-refractivity contribution in [2.45, 2.75) is 13.0 Å². The van der Waals surface area contributed by atoms with Gasteiger partial charge in [-0.3, -0.25) is 9.59 Å². The molecular formula is C21H23N3O5. The summed E-state index contributed by atoms with van der Waals surface area (Å²) < 4.78 is 16.0. The van der Waals surface area contributed by atoms with Gasteiger partial charge in [-0.25, -0.2) is 0 Å². The fourth-order valence-corrected chi connectivity index (χ4v) is 3.31. The molecule has 0 saturated carbocycles. The molecule has 2 aromatic rings. The Kier molecular flexibility index (Phi) is 5.81. The average molecular weight is 397 g/mol. The minimum Gasteiger partial charge on any atom is -0.454 e. The van der Waals surface area contributed by atoms with Crippen molar-refractivity contribution in [3.8, 4) is 11.5 Å². The normalized spacial score (nSPS) is 15.1. The molecule has 2 N–H and O–H groups in total. The lowest BCUT2D eigenvalue weighted by molar-refractivity contribution is -0.126. The largest absolute Gasteiger partial charge is 0.454 e. The Bertz CT molecular complexity index is 896. The van der Waals surface area contributed by atoms with Gasteiger partial charge in [0.15, 0.2) is 11.5 Å². The SMILES string of the molecule is O=C(CC(=O)Nc1ccccc1N1CCOCC1)NCc1ccc2c(c1)OCO2. The molecule has 4 rings (SSSR count). The summed E-state index contributed by atoms with van der Waals surface area (Å²) in [5, 5.41) is 5.61. The van der Waals surface area contributed by atoms with Gasteiger partial charge in [-0.05, 0) is 29.8 Å². The molecule has 29 heavy (non-hydrogen) atoms. The topological polar surface area (TPSA) is 89.1 Å². The van der Waals surface area contributed by atoms with Crippen LogP contribution in [-0.2, 0) is 20.9 Å². The molecule has 2 aliphatic heterocycles. The molecule has 0 spiro atoms. The van der Waals surface area contributed by atoms with E-state index in [-0.39, 0.29) is 25.0 Å². The fraction of sp³-hybridized carbons (Fsp3) is 0.333. The van der Waals surface area contributed by atoms with Gasteiger partial charge in [0.2, 0.25) is 18.6 Å². The minimum absolute atomic E-state index is 0.206. The first-order valence-corrected chi connectivity index (χ1v) is 9.56. The van der Waals surface area contributed by atoms with Gasteiger partial charge >= 0.3 is 0 Å². The Morgan fingerprint density at radius 2 is 1.76 bits per heavy atom. The lowest BCUT2D eigenvalue weighted by atomic mass is 10.2. The highest BCUT2D eigenvalue weighted by Crippen LogP contribution is 2.32. The van der Waals surface area contributed by atoms with E-state index in [4.69, 9.17) is 14.2 Å². The molecule has 2 aliphatic rings. The summed E-state index contributed by atoms with van der Waals surface area (Å²) in [5.41, 5.74) is 2.51. The number of ether oxygens (including phenoxy) is 3. The zero-order valence-corrected chi connectivity index (χ0v) is 16.0. The number of rotatable bonds is 6. The van der Waals surface area contributed by atoms with Crippen molar-refractivity contribution < 1.29 is 23.8 Å². The molecule has 1 fully saturated rings. The van der Waals surface area contributed by atoms with Crippen LogP contribution in [0.15, 0.2) is 42.5 Å². The van der Waals surface area contributed by atoms with E-state index in [0.29, 0.717) is 36.9 Å². The summed E-state index contributed by atoms with van der Waals surface area (Å²) in [6, 6.07) is 13.1. The second-order valence-corrected chi connectivity index (χ2v) is 6.81. The number of hydrogen-bond donors (Lipinski definition) is 2. The molecule has 0 aromatic heterocycles. The van der Waals surface area contributed by atoms with Gasteiger partial charge in [0.25, 0.3) is 0 Å². The van der Waals surface area contributed by atoms with Crippen LogP contribution in [-0.4, -0.2) is 44.9 Å². The number of anilines is 2. The van der Waals surface area contributed by atoms with Crippen LogP contribution in [0.4, 0.5) is 11.4 Å². The molecule has 2 aromatic carbocycles. The quantitative estimate of drug-likeness (QED) is 0.724. The van der Waals surface area contributed by atoms with E-state index in [0.717, 1.165) is 24.3 Å². The van der Waals surface area contributed by atoms with Gasteiger partial charge in [0, 0.05) is 19.6 Å². The lowest BCUT2D eigenvalue weighted by Crippen LogP contribution is -2.37. The van der Waals surface area contributed by atoms with Gasteiger partial charge in [-0.2, -0.15) is 0 Å². The number of carbonyl (C=O) groups is 2. The molecule has 8 heteroatoms. The highest BCUT2D eigenvalue weighted by molar-refractivity contribution is 6.04. The van der Waals surface area contributed by atoms with Gasteiger partial charge in [-0.15, -0.1) is 0 Å². The van der Waals surface area contributed by atoms with Crippen LogP contribution < -0.4 is 25.0 Å². The molecular weight excluding hydrogens is 374 g/mol. The number of hydrogen-bond acceptors (Lipinski definition) is 6. The Morgan fingerprint density at radius 1 is 0.966 bits per heavy atom. The van der Waals surface area contributed by atoms with Crippen LogP contribution in [0, 0.1) is 0 Å². The second-order valence-electron chi connectivity index (χ2n) is 6.81. The van der Waals surface area contributed by atoms with E-state index in [1.54, 1.807) is 6.07 Å². The maximum atomic E-state index is 12.4. The van der Waals surface area contributed by atoms with Crippen molar-refractivity contribution >= 4 is 23.2 Å². The van der Waals surface area contributed by atoms with Crippen molar-refractivity contribution in [3.63, 3.8) is 0 Å². The standard InChI is InChI=1S/C21H23N3O5/c25-20(22-13-15-5-6-18-19(11-15)29-14-28-18)12-21(26)23-16-3-1-2-4-17(16)24-7-9-27-10-8-24/h1-6,11H,7-10,12-14H2,(H,22,25)(H,23,26). The summed E-state index contributed by atoms with van der Waals surface area (Å²) in [5.74, 6) is 0.658. The van der Waals surface area contributed by atoms with Crippen molar-refractivity contribution in [2.75, 3.05) is 43.3 Å². The first kappa shape index (κ1) is 19.1. The molecule has 8 nitrogen and oxygen atoms in total. The molecule has 2 heterocycles. The number of nitrogens with one attached hydrogen (secondary N) is 2. The Morgan fingerprint density at radius 3 is 2.62 bits per heavy atom. The maximum Gasteiger partial charge on any atom is 0.233 e. The number of para-hydroxylation sites is 2. The van der Waals surface area contributed by atoms with Gasteiger partial charge in [0.1, 0.15) is 6.42 Å². The van der Waals surface area contributed by atoms with E-state index in [9.17, 15) is 9.59 Å². The minimum atomic E-state index is -0.353. The van der Waals surface area contributed by atoms with Crippen molar-refractivity contribution in [2.24, 2.45) is 0 Å². The van der Waals surface area contributed by atoms with Crippen LogP contribution in [0.5, 0.6) is 11.5 Å². The van der Waals surface area contributed by atoms with Gasteiger partial charge < -0.3 is 29.7 Å². The van der Waals surface area contributed by atoms with Crippen LogP contribution in [0.2, 0.25) is 0 Å². The zero-order valence-electron chi connectivity index (χ0n) is 16.0. The smallest absolute Gasteiger partial charge is 0.233 e. The first-order valence-electron chi connectivity index (χ1n) is 9.56. The first-order chi connectivity index (χ1) is 14.2. The van der Waals surface area contributed by atoms with E-state index >= 15 is 0 Å². The number of fused-ring (bicyclic) bond motifs is 1. The van der Waals surface area contributed by atoms with Crippen LogP contribution in [0.3, 0.4) is 0 Å². The molecule has 0 bridgehead atoms. The lowest BCUT2D eigenvalue weighted by Gasteiger charge is -2.30. The Labute approximate surface area is 168 Å².